The van der Waals surface area contributed by atoms with E-state index < -0.39 is 12.0 Å². The zero-order valence-corrected chi connectivity index (χ0v) is 21.3. The molecule has 3 rings (SSSR count). The van der Waals surface area contributed by atoms with Gasteiger partial charge in [-0.05, 0) is 48.1 Å². The summed E-state index contributed by atoms with van der Waals surface area (Å²) in [7, 11) is 0. The molecule has 0 aliphatic rings. The highest BCUT2D eigenvalue weighted by Crippen LogP contribution is 2.29. The number of hydrogen-bond donors (Lipinski definition) is 2. The third-order valence-electron chi connectivity index (χ3n) is 6.25. The van der Waals surface area contributed by atoms with Crippen molar-refractivity contribution in [3.8, 4) is 0 Å². The molecule has 7 nitrogen and oxygen atoms in total. The van der Waals surface area contributed by atoms with Gasteiger partial charge in [0.05, 0.1) is 19.0 Å². The van der Waals surface area contributed by atoms with Crippen molar-refractivity contribution >= 4 is 17.8 Å². The standard InChI is InChI=1S/C30H35N3O4/c1-2-20-33(28(35)15-9-10-23-16-18-31-19-17-23)22-27(34)32-26(21-29(36)37)30(24-11-5-3-6-12-24)25-13-7-4-8-14-25/h3-8,11-14,16-19,26,30H,2,9-10,15,20-22H2,1H3,(H,32,34)(H,36,37). The number of carbonyl (C=O) groups excluding carboxylic acids is 2. The SMILES string of the molecule is CCCN(CC(=O)NC(CC(=O)O)C(c1ccccc1)c1ccccc1)C(=O)CCCc1ccncc1. The molecule has 1 unspecified atom stereocenters. The maximum absolute atomic E-state index is 13.2. The lowest BCUT2D eigenvalue weighted by Gasteiger charge is -2.29. The van der Waals surface area contributed by atoms with Gasteiger partial charge >= 0.3 is 5.97 Å². The minimum atomic E-state index is -1.00. The molecule has 0 fully saturated rings. The van der Waals surface area contributed by atoms with Crippen molar-refractivity contribution in [2.24, 2.45) is 0 Å². The molecule has 0 saturated carbocycles. The minimum absolute atomic E-state index is 0.0801. The van der Waals surface area contributed by atoms with Gasteiger partial charge in [-0.1, -0.05) is 67.6 Å². The Bertz CT molecular complexity index is 1080. The number of amides is 2. The zero-order valence-electron chi connectivity index (χ0n) is 21.3. The van der Waals surface area contributed by atoms with E-state index in [1.54, 1.807) is 17.3 Å². The van der Waals surface area contributed by atoms with Gasteiger partial charge in [-0.25, -0.2) is 0 Å². The number of nitrogens with one attached hydrogen (secondary N) is 1. The third kappa shape index (κ3) is 8.86. The molecule has 3 aromatic rings. The van der Waals surface area contributed by atoms with Crippen LogP contribution in [0.5, 0.6) is 0 Å². The van der Waals surface area contributed by atoms with E-state index in [-0.39, 0.29) is 30.7 Å². The Morgan fingerprint density at radius 3 is 2.05 bits per heavy atom. The van der Waals surface area contributed by atoms with E-state index in [9.17, 15) is 19.5 Å². The van der Waals surface area contributed by atoms with E-state index in [0.717, 1.165) is 29.5 Å². The van der Waals surface area contributed by atoms with Gasteiger partial charge in [0.25, 0.3) is 0 Å². The van der Waals surface area contributed by atoms with E-state index in [4.69, 9.17) is 0 Å². The Morgan fingerprint density at radius 2 is 1.51 bits per heavy atom. The van der Waals surface area contributed by atoms with Gasteiger partial charge in [-0.3, -0.25) is 19.4 Å². The second kappa shape index (κ2) is 14.5. The van der Waals surface area contributed by atoms with Gasteiger partial charge in [0.2, 0.25) is 11.8 Å². The summed E-state index contributed by atoms with van der Waals surface area (Å²) >= 11 is 0. The summed E-state index contributed by atoms with van der Waals surface area (Å²) in [4.78, 5) is 43.5. The largest absolute Gasteiger partial charge is 0.481 e. The molecule has 2 N–H and O–H groups in total. The van der Waals surface area contributed by atoms with Crippen LogP contribution in [0.3, 0.4) is 0 Å². The van der Waals surface area contributed by atoms with Gasteiger partial charge in [0, 0.05) is 31.3 Å². The Labute approximate surface area is 218 Å². The van der Waals surface area contributed by atoms with Crippen molar-refractivity contribution in [3.05, 3.63) is 102 Å². The summed E-state index contributed by atoms with van der Waals surface area (Å²) in [5, 5.41) is 12.6. The minimum Gasteiger partial charge on any atom is -0.481 e. The Kier molecular flexibility index (Phi) is 10.8. The predicted octanol–water partition coefficient (Wildman–Crippen LogP) is 4.43. The van der Waals surface area contributed by atoms with Crippen LogP contribution in [0.1, 0.15) is 55.2 Å². The highest BCUT2D eigenvalue weighted by atomic mass is 16.4. The first kappa shape index (κ1) is 27.6. The first-order valence-electron chi connectivity index (χ1n) is 12.8. The maximum atomic E-state index is 13.2. The molecular weight excluding hydrogens is 466 g/mol. The van der Waals surface area contributed by atoms with E-state index in [1.165, 1.54) is 0 Å². The number of hydrogen-bond acceptors (Lipinski definition) is 4. The van der Waals surface area contributed by atoms with Crippen molar-refractivity contribution in [3.63, 3.8) is 0 Å². The first-order valence-corrected chi connectivity index (χ1v) is 12.8. The molecule has 7 heteroatoms. The highest BCUT2D eigenvalue weighted by molar-refractivity contribution is 5.85. The van der Waals surface area contributed by atoms with E-state index >= 15 is 0 Å². The molecule has 0 spiro atoms. The molecule has 0 radical (unpaired) electrons. The fourth-order valence-corrected chi connectivity index (χ4v) is 4.56. The number of carboxylic acids is 1. The van der Waals surface area contributed by atoms with Crippen LogP contribution in [-0.2, 0) is 20.8 Å². The van der Waals surface area contributed by atoms with E-state index in [1.807, 2.05) is 79.7 Å². The number of nitrogens with zero attached hydrogens (tertiary/aromatic N) is 2. The lowest BCUT2D eigenvalue weighted by molar-refractivity contribution is -0.139. The van der Waals surface area contributed by atoms with Gasteiger partial charge in [0.15, 0.2) is 0 Å². The van der Waals surface area contributed by atoms with Crippen LogP contribution in [0.2, 0.25) is 0 Å². The van der Waals surface area contributed by atoms with Crippen LogP contribution in [0.15, 0.2) is 85.2 Å². The van der Waals surface area contributed by atoms with Crippen LogP contribution >= 0.6 is 0 Å². The smallest absolute Gasteiger partial charge is 0.305 e. The molecule has 2 amide bonds. The summed E-state index contributed by atoms with van der Waals surface area (Å²) in [5.41, 5.74) is 2.95. The fourth-order valence-electron chi connectivity index (χ4n) is 4.56. The number of carbonyl (C=O) groups is 3. The first-order chi connectivity index (χ1) is 18.0. The maximum Gasteiger partial charge on any atom is 0.305 e. The van der Waals surface area contributed by atoms with Crippen LogP contribution in [0.25, 0.3) is 0 Å². The summed E-state index contributed by atoms with van der Waals surface area (Å²) in [6.07, 6.45) is 5.72. The van der Waals surface area contributed by atoms with Gasteiger partial charge in [-0.15, -0.1) is 0 Å². The Balaban J connectivity index is 1.71. The molecule has 0 saturated heterocycles. The lowest BCUT2D eigenvalue weighted by Crippen LogP contribution is -2.47. The average molecular weight is 502 g/mol. The molecule has 0 aliphatic carbocycles. The molecule has 37 heavy (non-hydrogen) atoms. The summed E-state index contributed by atoms with van der Waals surface area (Å²) in [6, 6.07) is 22.3. The number of benzene rings is 2. The quantitative estimate of drug-likeness (QED) is 0.340. The van der Waals surface area contributed by atoms with Crippen LogP contribution in [0, 0.1) is 0 Å². The van der Waals surface area contributed by atoms with Gasteiger partial charge < -0.3 is 15.3 Å². The molecule has 1 aromatic heterocycles. The number of aliphatic carboxylic acids is 1. The molecule has 1 atom stereocenters. The average Bonchev–Trinajstić information content (AvgIpc) is 2.90. The normalized spacial score (nSPS) is 11.6. The summed E-state index contributed by atoms with van der Waals surface area (Å²) < 4.78 is 0. The van der Waals surface area contributed by atoms with Crippen molar-refractivity contribution < 1.29 is 19.5 Å². The number of pyridine rings is 1. The lowest BCUT2D eigenvalue weighted by atomic mass is 9.83. The number of carboxylic acid groups (broad SMARTS) is 1. The molecular formula is C30H35N3O4. The molecule has 194 valence electrons. The molecule has 1 heterocycles. The van der Waals surface area contributed by atoms with Crippen LogP contribution < -0.4 is 5.32 Å². The topological polar surface area (TPSA) is 99.6 Å². The van der Waals surface area contributed by atoms with E-state index in [2.05, 4.69) is 10.3 Å². The van der Waals surface area contributed by atoms with Gasteiger partial charge in [0.1, 0.15) is 0 Å². The van der Waals surface area contributed by atoms with Crippen molar-refractivity contribution in [2.75, 3.05) is 13.1 Å². The number of aromatic nitrogens is 1. The second-order valence-electron chi connectivity index (χ2n) is 9.10. The summed E-state index contributed by atoms with van der Waals surface area (Å²) in [5.74, 6) is -1.79. The molecule has 2 aromatic carbocycles. The Hall–Kier alpha value is -4.00. The van der Waals surface area contributed by atoms with Crippen LogP contribution in [0.4, 0.5) is 0 Å². The second-order valence-corrected chi connectivity index (χ2v) is 9.10. The predicted molar refractivity (Wildman–Crippen MR) is 143 cm³/mol. The summed E-state index contributed by atoms with van der Waals surface area (Å²) in [6.45, 7) is 2.32. The van der Waals surface area contributed by atoms with Gasteiger partial charge in [-0.2, -0.15) is 0 Å². The van der Waals surface area contributed by atoms with Crippen molar-refractivity contribution in [1.29, 1.82) is 0 Å². The fraction of sp³-hybridized carbons (Fsp3) is 0.333. The monoisotopic (exact) mass is 501 g/mol. The molecule has 0 aliphatic heterocycles. The number of aryl methyl sites for hydroxylation is 1. The number of rotatable bonds is 14. The highest BCUT2D eigenvalue weighted by Gasteiger charge is 2.29. The zero-order chi connectivity index (χ0) is 26.5. The van der Waals surface area contributed by atoms with Crippen molar-refractivity contribution in [2.45, 2.75) is 51.0 Å². The third-order valence-corrected chi connectivity index (χ3v) is 6.25. The Morgan fingerprint density at radius 1 is 0.919 bits per heavy atom. The van der Waals surface area contributed by atoms with Crippen LogP contribution in [-0.4, -0.2) is 51.9 Å². The van der Waals surface area contributed by atoms with E-state index in [0.29, 0.717) is 19.4 Å². The molecule has 0 bridgehead atoms. The van der Waals surface area contributed by atoms with Crippen molar-refractivity contribution in [1.82, 2.24) is 15.2 Å².